The largest absolute Gasteiger partial charge is 0.393 e. The lowest BCUT2D eigenvalue weighted by Crippen LogP contribution is -2.31. The first-order valence-corrected chi connectivity index (χ1v) is 7.23. The summed E-state index contributed by atoms with van der Waals surface area (Å²) in [5.41, 5.74) is 2.85. The molecule has 1 rings (SSSR count). The SMILES string of the molecule is CCC(O)CCNC(=O)Nc1c(C)cc(Br)cc1C. The van der Waals surface area contributed by atoms with Crippen LogP contribution in [0.5, 0.6) is 0 Å². The van der Waals surface area contributed by atoms with Crippen molar-refractivity contribution >= 4 is 27.6 Å². The highest BCUT2D eigenvalue weighted by molar-refractivity contribution is 9.10. The number of nitrogens with one attached hydrogen (secondary N) is 2. The maximum absolute atomic E-state index is 11.8. The van der Waals surface area contributed by atoms with Crippen LogP contribution in [0.1, 0.15) is 30.9 Å². The molecule has 2 amide bonds. The fourth-order valence-corrected chi connectivity index (χ4v) is 2.51. The number of carbonyl (C=O) groups is 1. The van der Waals surface area contributed by atoms with Crippen molar-refractivity contribution in [3.63, 3.8) is 0 Å². The van der Waals surface area contributed by atoms with Crippen LogP contribution >= 0.6 is 15.9 Å². The molecule has 19 heavy (non-hydrogen) atoms. The number of halogens is 1. The molecule has 0 fully saturated rings. The zero-order valence-electron chi connectivity index (χ0n) is 11.6. The number of rotatable bonds is 5. The van der Waals surface area contributed by atoms with Crippen LogP contribution in [0.3, 0.4) is 0 Å². The van der Waals surface area contributed by atoms with Crippen molar-refractivity contribution in [1.82, 2.24) is 5.32 Å². The molecule has 0 saturated heterocycles. The van der Waals surface area contributed by atoms with Gasteiger partial charge in [-0.1, -0.05) is 22.9 Å². The molecule has 0 aliphatic heterocycles. The Kier molecular flexibility index (Phi) is 6.31. The quantitative estimate of drug-likeness (QED) is 0.776. The predicted octanol–water partition coefficient (Wildman–Crippen LogP) is 3.35. The minimum Gasteiger partial charge on any atom is -0.393 e. The third-order valence-electron chi connectivity index (χ3n) is 2.97. The van der Waals surface area contributed by atoms with Crippen molar-refractivity contribution < 1.29 is 9.90 Å². The molecule has 1 atom stereocenters. The van der Waals surface area contributed by atoms with Gasteiger partial charge in [0.1, 0.15) is 0 Å². The average Bonchev–Trinajstić information content (AvgIpc) is 2.33. The molecule has 1 aromatic rings. The summed E-state index contributed by atoms with van der Waals surface area (Å²) in [4.78, 5) is 11.8. The van der Waals surface area contributed by atoms with Crippen LogP contribution in [-0.4, -0.2) is 23.8 Å². The molecule has 106 valence electrons. The topological polar surface area (TPSA) is 61.4 Å². The Morgan fingerprint density at radius 3 is 2.47 bits per heavy atom. The summed E-state index contributed by atoms with van der Waals surface area (Å²) in [6.07, 6.45) is 0.924. The minimum absolute atomic E-state index is 0.239. The lowest BCUT2D eigenvalue weighted by atomic mass is 10.1. The van der Waals surface area contributed by atoms with Gasteiger partial charge in [0.05, 0.1) is 6.10 Å². The number of carbonyl (C=O) groups excluding carboxylic acids is 1. The van der Waals surface area contributed by atoms with Crippen LogP contribution in [0.15, 0.2) is 16.6 Å². The van der Waals surface area contributed by atoms with Gasteiger partial charge in [0.15, 0.2) is 0 Å². The minimum atomic E-state index is -0.351. The van der Waals surface area contributed by atoms with E-state index in [1.165, 1.54) is 0 Å². The van der Waals surface area contributed by atoms with Crippen molar-refractivity contribution in [2.45, 2.75) is 39.7 Å². The smallest absolute Gasteiger partial charge is 0.319 e. The van der Waals surface area contributed by atoms with E-state index in [2.05, 4.69) is 26.6 Å². The Hall–Kier alpha value is -1.07. The van der Waals surface area contributed by atoms with Crippen LogP contribution < -0.4 is 10.6 Å². The maximum atomic E-state index is 11.8. The van der Waals surface area contributed by atoms with Gasteiger partial charge in [0, 0.05) is 16.7 Å². The Balaban J connectivity index is 2.53. The molecular formula is C14H21BrN2O2. The molecule has 5 heteroatoms. The van der Waals surface area contributed by atoms with Gasteiger partial charge < -0.3 is 15.7 Å². The predicted molar refractivity (Wildman–Crippen MR) is 81.6 cm³/mol. The van der Waals surface area contributed by atoms with E-state index < -0.39 is 0 Å². The Morgan fingerprint density at radius 2 is 1.95 bits per heavy atom. The molecular weight excluding hydrogens is 308 g/mol. The number of aryl methyl sites for hydroxylation is 2. The molecule has 0 aliphatic carbocycles. The van der Waals surface area contributed by atoms with Gasteiger partial charge in [-0.2, -0.15) is 0 Å². The molecule has 0 aromatic heterocycles. The molecule has 0 saturated carbocycles. The fraction of sp³-hybridized carbons (Fsp3) is 0.500. The van der Waals surface area contributed by atoms with Crippen molar-refractivity contribution in [1.29, 1.82) is 0 Å². The van der Waals surface area contributed by atoms with Gasteiger partial charge >= 0.3 is 6.03 Å². The molecule has 0 aliphatic rings. The number of urea groups is 1. The van der Waals surface area contributed by atoms with E-state index in [4.69, 9.17) is 0 Å². The number of aliphatic hydroxyl groups is 1. The summed E-state index contributed by atoms with van der Waals surface area (Å²) in [5.74, 6) is 0. The van der Waals surface area contributed by atoms with Gasteiger partial charge in [-0.25, -0.2) is 4.79 Å². The van der Waals surface area contributed by atoms with E-state index in [1.807, 2.05) is 32.9 Å². The van der Waals surface area contributed by atoms with Crippen molar-refractivity contribution in [2.24, 2.45) is 0 Å². The third kappa shape index (κ3) is 5.20. The average molecular weight is 329 g/mol. The van der Waals surface area contributed by atoms with E-state index in [9.17, 15) is 9.90 Å². The molecule has 0 heterocycles. The Morgan fingerprint density at radius 1 is 1.37 bits per heavy atom. The number of hydrogen-bond donors (Lipinski definition) is 3. The van der Waals surface area contributed by atoms with Gasteiger partial charge in [-0.15, -0.1) is 0 Å². The van der Waals surface area contributed by atoms with Crippen molar-refractivity contribution in [2.75, 3.05) is 11.9 Å². The fourth-order valence-electron chi connectivity index (χ4n) is 1.82. The summed E-state index contributed by atoms with van der Waals surface area (Å²) in [7, 11) is 0. The van der Waals surface area contributed by atoms with Crippen LogP contribution in [0, 0.1) is 13.8 Å². The molecule has 1 unspecified atom stereocenters. The van der Waals surface area contributed by atoms with Gasteiger partial charge in [0.2, 0.25) is 0 Å². The summed E-state index contributed by atoms with van der Waals surface area (Å²) in [6.45, 7) is 6.29. The Bertz CT molecular complexity index is 426. The van der Waals surface area contributed by atoms with E-state index in [-0.39, 0.29) is 12.1 Å². The van der Waals surface area contributed by atoms with Crippen LogP contribution in [0.2, 0.25) is 0 Å². The highest BCUT2D eigenvalue weighted by Crippen LogP contribution is 2.24. The summed E-state index contributed by atoms with van der Waals surface area (Å²) in [5, 5.41) is 15.0. The van der Waals surface area contributed by atoms with E-state index in [1.54, 1.807) is 0 Å². The molecule has 0 radical (unpaired) electrons. The van der Waals surface area contributed by atoms with Crippen LogP contribution in [0.4, 0.5) is 10.5 Å². The van der Waals surface area contributed by atoms with Gasteiger partial charge in [0.25, 0.3) is 0 Å². The molecule has 4 nitrogen and oxygen atoms in total. The maximum Gasteiger partial charge on any atom is 0.319 e. The zero-order chi connectivity index (χ0) is 14.4. The molecule has 0 spiro atoms. The number of benzene rings is 1. The number of amides is 2. The summed E-state index contributed by atoms with van der Waals surface area (Å²) >= 11 is 3.42. The number of hydrogen-bond acceptors (Lipinski definition) is 2. The van der Waals surface area contributed by atoms with E-state index in [0.29, 0.717) is 19.4 Å². The van der Waals surface area contributed by atoms with Crippen molar-refractivity contribution in [3.05, 3.63) is 27.7 Å². The lowest BCUT2D eigenvalue weighted by Gasteiger charge is -2.14. The number of anilines is 1. The lowest BCUT2D eigenvalue weighted by molar-refractivity contribution is 0.160. The van der Waals surface area contributed by atoms with Gasteiger partial charge in [-0.3, -0.25) is 0 Å². The summed E-state index contributed by atoms with van der Waals surface area (Å²) < 4.78 is 1.000. The molecule has 1 aromatic carbocycles. The van der Waals surface area contributed by atoms with Gasteiger partial charge in [-0.05, 0) is 49.9 Å². The first kappa shape index (κ1) is 16.0. The Labute approximate surface area is 122 Å². The first-order chi connectivity index (χ1) is 8.93. The molecule has 0 bridgehead atoms. The zero-order valence-corrected chi connectivity index (χ0v) is 13.2. The normalized spacial score (nSPS) is 12.1. The standard InChI is InChI=1S/C14H21BrN2O2/c1-4-12(18)5-6-16-14(19)17-13-9(2)7-11(15)8-10(13)3/h7-8,12,18H,4-6H2,1-3H3,(H2,16,17,19). The second kappa shape index (κ2) is 7.50. The molecule has 3 N–H and O–H groups in total. The van der Waals surface area contributed by atoms with E-state index in [0.717, 1.165) is 21.3 Å². The number of aliphatic hydroxyl groups excluding tert-OH is 1. The summed E-state index contributed by atoms with van der Waals surface area (Å²) in [6, 6.07) is 3.68. The van der Waals surface area contributed by atoms with Crippen LogP contribution in [0.25, 0.3) is 0 Å². The second-order valence-corrected chi connectivity index (χ2v) is 5.56. The second-order valence-electron chi connectivity index (χ2n) is 4.65. The van der Waals surface area contributed by atoms with E-state index >= 15 is 0 Å². The van der Waals surface area contributed by atoms with Crippen LogP contribution in [-0.2, 0) is 0 Å². The van der Waals surface area contributed by atoms with Crippen molar-refractivity contribution in [3.8, 4) is 0 Å². The highest BCUT2D eigenvalue weighted by Gasteiger charge is 2.08. The monoisotopic (exact) mass is 328 g/mol. The first-order valence-electron chi connectivity index (χ1n) is 6.43. The highest BCUT2D eigenvalue weighted by atomic mass is 79.9. The third-order valence-corrected chi connectivity index (χ3v) is 3.43.